The number of carbonyl (C=O) groups is 1. The zero-order valence-electron chi connectivity index (χ0n) is 7.64. The van der Waals surface area contributed by atoms with Gasteiger partial charge in [0.05, 0.1) is 7.11 Å². The topological polar surface area (TPSA) is 46.5 Å². The van der Waals surface area contributed by atoms with Gasteiger partial charge in [0.25, 0.3) is 6.47 Å². The SMILES string of the molecule is C=C.COc1ccccc1.O=CO. The Bertz CT molecular complexity index is 197. The summed E-state index contributed by atoms with van der Waals surface area (Å²) >= 11 is 0. The molecule has 0 aliphatic rings. The molecule has 1 aromatic carbocycles. The van der Waals surface area contributed by atoms with Crippen molar-refractivity contribution < 1.29 is 14.6 Å². The number of methoxy groups -OCH3 is 1. The van der Waals surface area contributed by atoms with Crippen LogP contribution in [0.3, 0.4) is 0 Å². The van der Waals surface area contributed by atoms with Crippen molar-refractivity contribution in [1.82, 2.24) is 0 Å². The van der Waals surface area contributed by atoms with Gasteiger partial charge in [0, 0.05) is 0 Å². The van der Waals surface area contributed by atoms with Gasteiger partial charge >= 0.3 is 0 Å². The molecule has 0 unspecified atom stereocenters. The largest absolute Gasteiger partial charge is 0.497 e. The van der Waals surface area contributed by atoms with Gasteiger partial charge in [0.1, 0.15) is 5.75 Å². The van der Waals surface area contributed by atoms with Gasteiger partial charge in [-0.1, -0.05) is 18.2 Å². The molecule has 1 rings (SSSR count). The minimum Gasteiger partial charge on any atom is -0.497 e. The monoisotopic (exact) mass is 182 g/mol. The second kappa shape index (κ2) is 12.9. The lowest BCUT2D eigenvalue weighted by Crippen LogP contribution is -1.78. The van der Waals surface area contributed by atoms with Crippen molar-refractivity contribution in [3.05, 3.63) is 43.5 Å². The molecule has 0 fully saturated rings. The number of rotatable bonds is 1. The molecule has 0 aliphatic heterocycles. The summed E-state index contributed by atoms with van der Waals surface area (Å²) in [6.45, 7) is 5.75. The predicted molar refractivity (Wildman–Crippen MR) is 52.9 cm³/mol. The van der Waals surface area contributed by atoms with E-state index in [1.165, 1.54) is 0 Å². The molecule has 3 heteroatoms. The van der Waals surface area contributed by atoms with E-state index in [-0.39, 0.29) is 6.47 Å². The van der Waals surface area contributed by atoms with Crippen LogP contribution in [0.1, 0.15) is 0 Å². The van der Waals surface area contributed by atoms with Crippen molar-refractivity contribution in [2.75, 3.05) is 7.11 Å². The molecule has 0 spiro atoms. The zero-order valence-corrected chi connectivity index (χ0v) is 7.64. The van der Waals surface area contributed by atoms with Crippen LogP contribution in [0.4, 0.5) is 0 Å². The Balaban J connectivity index is 0. The summed E-state index contributed by atoms with van der Waals surface area (Å²) in [5.74, 6) is 0.910. The summed E-state index contributed by atoms with van der Waals surface area (Å²) in [6, 6.07) is 9.68. The minimum atomic E-state index is -0.250. The molecule has 72 valence electrons. The van der Waals surface area contributed by atoms with Crippen LogP contribution >= 0.6 is 0 Å². The highest BCUT2D eigenvalue weighted by atomic mass is 16.5. The predicted octanol–water partition coefficient (Wildman–Crippen LogP) is 2.20. The number of para-hydroxylation sites is 1. The second-order valence-corrected chi connectivity index (χ2v) is 1.62. The van der Waals surface area contributed by atoms with Gasteiger partial charge in [-0.2, -0.15) is 0 Å². The molecule has 0 heterocycles. The van der Waals surface area contributed by atoms with Gasteiger partial charge in [-0.05, 0) is 12.1 Å². The standard InChI is InChI=1S/C7H8O.C2H4.CH2O2/c1-8-7-5-3-2-4-6-7;1-2;2-1-3/h2-6H,1H3;1-2H2;1H,(H,2,3). The van der Waals surface area contributed by atoms with E-state index in [1.54, 1.807) is 7.11 Å². The van der Waals surface area contributed by atoms with E-state index in [9.17, 15) is 0 Å². The van der Waals surface area contributed by atoms with E-state index in [2.05, 4.69) is 13.2 Å². The molecule has 0 radical (unpaired) electrons. The fourth-order valence-electron chi connectivity index (χ4n) is 0.557. The Morgan fingerprint density at radius 3 is 1.92 bits per heavy atom. The van der Waals surface area contributed by atoms with E-state index in [0.717, 1.165) is 5.75 Å². The van der Waals surface area contributed by atoms with Crippen LogP contribution in [0, 0.1) is 0 Å². The molecular weight excluding hydrogens is 168 g/mol. The van der Waals surface area contributed by atoms with Crippen molar-refractivity contribution in [1.29, 1.82) is 0 Å². The molecule has 13 heavy (non-hydrogen) atoms. The Labute approximate surface area is 78.3 Å². The van der Waals surface area contributed by atoms with Crippen molar-refractivity contribution in [2.24, 2.45) is 0 Å². The molecule has 0 saturated heterocycles. The van der Waals surface area contributed by atoms with Gasteiger partial charge in [-0.3, -0.25) is 4.79 Å². The maximum atomic E-state index is 8.36. The second-order valence-electron chi connectivity index (χ2n) is 1.62. The van der Waals surface area contributed by atoms with Crippen LogP contribution in [0.2, 0.25) is 0 Å². The summed E-state index contributed by atoms with van der Waals surface area (Å²) in [7, 11) is 1.66. The molecule has 0 aliphatic carbocycles. The Kier molecular flexibility index (Phi) is 13.7. The molecule has 0 aromatic heterocycles. The molecular formula is C10H14O3. The summed E-state index contributed by atoms with van der Waals surface area (Å²) in [5, 5.41) is 6.89. The number of benzene rings is 1. The quantitative estimate of drug-likeness (QED) is 0.535. The molecule has 3 nitrogen and oxygen atoms in total. The van der Waals surface area contributed by atoms with Gasteiger partial charge in [0.15, 0.2) is 0 Å². The van der Waals surface area contributed by atoms with E-state index in [1.807, 2.05) is 30.3 Å². The van der Waals surface area contributed by atoms with Crippen LogP contribution in [-0.4, -0.2) is 18.7 Å². The third-order valence-corrected chi connectivity index (χ3v) is 0.979. The van der Waals surface area contributed by atoms with E-state index in [4.69, 9.17) is 14.6 Å². The first-order valence-corrected chi connectivity index (χ1v) is 3.52. The fourth-order valence-corrected chi connectivity index (χ4v) is 0.557. The first-order chi connectivity index (χ1) is 6.35. The fraction of sp³-hybridized carbons (Fsp3) is 0.100. The average molecular weight is 182 g/mol. The first-order valence-electron chi connectivity index (χ1n) is 3.52. The van der Waals surface area contributed by atoms with E-state index in [0.29, 0.717) is 0 Å². The van der Waals surface area contributed by atoms with Crippen LogP contribution in [-0.2, 0) is 4.79 Å². The maximum Gasteiger partial charge on any atom is 0.290 e. The van der Waals surface area contributed by atoms with Crippen molar-refractivity contribution in [3.63, 3.8) is 0 Å². The highest BCUT2D eigenvalue weighted by Crippen LogP contribution is 2.05. The van der Waals surface area contributed by atoms with Crippen molar-refractivity contribution >= 4 is 6.47 Å². The molecule has 1 aromatic rings. The Hall–Kier alpha value is -1.77. The zero-order chi connectivity index (χ0) is 10.5. The highest BCUT2D eigenvalue weighted by molar-refractivity contribution is 5.32. The van der Waals surface area contributed by atoms with Crippen LogP contribution in [0.25, 0.3) is 0 Å². The van der Waals surface area contributed by atoms with Crippen molar-refractivity contribution in [2.45, 2.75) is 0 Å². The van der Waals surface area contributed by atoms with Crippen LogP contribution in [0.5, 0.6) is 5.75 Å². The highest BCUT2D eigenvalue weighted by Gasteiger charge is 1.80. The van der Waals surface area contributed by atoms with Gasteiger partial charge in [-0.25, -0.2) is 0 Å². The molecule has 0 bridgehead atoms. The third kappa shape index (κ3) is 10.2. The lowest BCUT2D eigenvalue weighted by molar-refractivity contribution is -0.122. The summed E-state index contributed by atoms with van der Waals surface area (Å²) < 4.78 is 4.91. The average Bonchev–Trinajstić information content (AvgIpc) is 2.23. The lowest BCUT2D eigenvalue weighted by Gasteiger charge is -1.93. The first kappa shape index (κ1) is 13.8. The van der Waals surface area contributed by atoms with Gasteiger partial charge in [0.2, 0.25) is 0 Å². The summed E-state index contributed by atoms with van der Waals surface area (Å²) in [6.07, 6.45) is 0. The van der Waals surface area contributed by atoms with Crippen LogP contribution < -0.4 is 4.74 Å². The molecule has 1 N–H and O–H groups in total. The normalized spacial score (nSPS) is 6.54. The third-order valence-electron chi connectivity index (χ3n) is 0.979. The van der Waals surface area contributed by atoms with Crippen molar-refractivity contribution in [3.8, 4) is 5.75 Å². The van der Waals surface area contributed by atoms with Crippen LogP contribution in [0.15, 0.2) is 43.5 Å². The number of hydrogen-bond donors (Lipinski definition) is 1. The number of ether oxygens (including phenoxy) is 1. The molecule has 0 saturated carbocycles. The minimum absolute atomic E-state index is 0.250. The Morgan fingerprint density at radius 2 is 1.69 bits per heavy atom. The molecule has 0 amide bonds. The van der Waals surface area contributed by atoms with Gasteiger partial charge < -0.3 is 9.84 Å². The van der Waals surface area contributed by atoms with Gasteiger partial charge in [-0.15, -0.1) is 13.2 Å². The Morgan fingerprint density at radius 1 is 1.31 bits per heavy atom. The molecule has 0 atom stereocenters. The lowest BCUT2D eigenvalue weighted by atomic mass is 10.3. The van der Waals surface area contributed by atoms with E-state index >= 15 is 0 Å². The smallest absolute Gasteiger partial charge is 0.290 e. The summed E-state index contributed by atoms with van der Waals surface area (Å²) in [5.41, 5.74) is 0. The summed E-state index contributed by atoms with van der Waals surface area (Å²) in [4.78, 5) is 8.36. The maximum absolute atomic E-state index is 8.36. The number of carboxylic acid groups (broad SMARTS) is 1. The number of hydrogen-bond acceptors (Lipinski definition) is 2. The van der Waals surface area contributed by atoms with E-state index < -0.39 is 0 Å².